The summed E-state index contributed by atoms with van der Waals surface area (Å²) in [6.07, 6.45) is 73.2. The highest BCUT2D eigenvalue weighted by atomic mass is 16.6. The van der Waals surface area contributed by atoms with E-state index in [0.717, 1.165) is 77.0 Å². The second-order valence-corrected chi connectivity index (χ2v) is 18.8. The van der Waals surface area contributed by atoms with Gasteiger partial charge < -0.3 is 14.2 Å². The molecule has 0 radical (unpaired) electrons. The van der Waals surface area contributed by atoms with Gasteiger partial charge in [-0.15, -0.1) is 0 Å². The Balaban J connectivity index is 4.24. The number of esters is 3. The number of carbonyl (C=O) groups is 3. The summed E-state index contributed by atoms with van der Waals surface area (Å²) in [4.78, 5) is 37.9. The third-order valence-electron chi connectivity index (χ3n) is 12.1. The van der Waals surface area contributed by atoms with Crippen LogP contribution in [0, 0.1) is 0 Å². The Morgan fingerprint density at radius 3 is 0.956 bits per heavy atom. The number of rotatable bonds is 51. The molecule has 1 unspecified atom stereocenters. The lowest BCUT2D eigenvalue weighted by atomic mass is 10.0. The minimum absolute atomic E-state index is 0.104. The summed E-state index contributed by atoms with van der Waals surface area (Å²) in [6.45, 7) is 6.44. The fourth-order valence-electron chi connectivity index (χ4n) is 7.88. The van der Waals surface area contributed by atoms with Crippen molar-refractivity contribution in [3.63, 3.8) is 0 Å². The molecule has 6 heteroatoms. The van der Waals surface area contributed by atoms with Gasteiger partial charge in [0.15, 0.2) is 6.10 Å². The fourth-order valence-corrected chi connectivity index (χ4v) is 7.88. The second-order valence-electron chi connectivity index (χ2n) is 18.8. The molecular weight excluding hydrogens is 841 g/mol. The maximum absolute atomic E-state index is 12.7. The van der Waals surface area contributed by atoms with Crippen molar-refractivity contribution >= 4 is 17.9 Å². The maximum Gasteiger partial charge on any atom is 0.306 e. The van der Waals surface area contributed by atoms with Gasteiger partial charge in [0.1, 0.15) is 13.2 Å². The van der Waals surface area contributed by atoms with Gasteiger partial charge in [0.2, 0.25) is 0 Å². The highest BCUT2D eigenvalue weighted by molar-refractivity contribution is 5.71. The van der Waals surface area contributed by atoms with Gasteiger partial charge >= 0.3 is 17.9 Å². The van der Waals surface area contributed by atoms with Gasteiger partial charge in [-0.2, -0.15) is 0 Å². The van der Waals surface area contributed by atoms with Crippen LogP contribution in [0.5, 0.6) is 0 Å². The van der Waals surface area contributed by atoms with Crippen molar-refractivity contribution < 1.29 is 28.6 Å². The predicted octanol–water partition coefficient (Wildman–Crippen LogP) is 19.2. The van der Waals surface area contributed by atoms with Gasteiger partial charge in [0.25, 0.3) is 0 Å². The Morgan fingerprint density at radius 2 is 0.603 bits per heavy atom. The topological polar surface area (TPSA) is 78.9 Å². The van der Waals surface area contributed by atoms with E-state index in [1.807, 2.05) is 12.2 Å². The van der Waals surface area contributed by atoms with Crippen LogP contribution >= 0.6 is 0 Å². The van der Waals surface area contributed by atoms with E-state index in [0.29, 0.717) is 19.3 Å². The van der Waals surface area contributed by atoms with Crippen molar-refractivity contribution in [2.24, 2.45) is 0 Å². The monoisotopic (exact) mass is 947 g/mol. The summed E-state index contributed by atoms with van der Waals surface area (Å²) in [6, 6.07) is 0. The molecule has 0 aliphatic rings. The lowest BCUT2D eigenvalue weighted by Gasteiger charge is -2.18. The number of carbonyl (C=O) groups excluding carboxylic acids is 3. The first-order valence-electron chi connectivity index (χ1n) is 28.6. The van der Waals surface area contributed by atoms with Crippen molar-refractivity contribution in [3.05, 3.63) is 85.1 Å². The molecule has 0 amide bonds. The van der Waals surface area contributed by atoms with Crippen molar-refractivity contribution in [2.45, 2.75) is 277 Å². The van der Waals surface area contributed by atoms with Crippen LogP contribution in [0.15, 0.2) is 85.1 Å². The summed E-state index contributed by atoms with van der Waals surface area (Å²) < 4.78 is 16.7. The molecule has 68 heavy (non-hydrogen) atoms. The molecule has 6 nitrogen and oxygen atoms in total. The average Bonchev–Trinajstić information content (AvgIpc) is 3.34. The van der Waals surface area contributed by atoms with Crippen LogP contribution in [0.25, 0.3) is 0 Å². The van der Waals surface area contributed by atoms with E-state index in [1.165, 1.54) is 148 Å². The first-order chi connectivity index (χ1) is 33.5. The maximum atomic E-state index is 12.7. The van der Waals surface area contributed by atoms with E-state index in [1.54, 1.807) is 0 Å². The minimum atomic E-state index is -0.812. The Labute approximate surface area is 420 Å². The molecule has 0 aliphatic carbocycles. The molecule has 0 bridgehead atoms. The van der Waals surface area contributed by atoms with Crippen LogP contribution in [0.4, 0.5) is 0 Å². The number of hydrogen-bond donors (Lipinski definition) is 0. The van der Waals surface area contributed by atoms with Gasteiger partial charge in [-0.25, -0.2) is 0 Å². The van der Waals surface area contributed by atoms with Crippen LogP contribution in [0.1, 0.15) is 271 Å². The molecule has 0 aromatic carbocycles. The minimum Gasteiger partial charge on any atom is -0.462 e. The van der Waals surface area contributed by atoms with Gasteiger partial charge in [0, 0.05) is 19.3 Å². The summed E-state index contributed by atoms with van der Waals surface area (Å²) in [7, 11) is 0. The lowest BCUT2D eigenvalue weighted by molar-refractivity contribution is -0.166. The molecule has 390 valence electrons. The normalized spacial score (nSPS) is 12.7. The van der Waals surface area contributed by atoms with Gasteiger partial charge in [-0.1, -0.05) is 254 Å². The summed E-state index contributed by atoms with van der Waals surface area (Å²) in [5.74, 6) is -0.986. The Hall–Kier alpha value is -3.41. The van der Waals surface area contributed by atoms with Gasteiger partial charge in [-0.3, -0.25) is 14.4 Å². The van der Waals surface area contributed by atoms with Crippen molar-refractivity contribution in [2.75, 3.05) is 13.2 Å². The molecular formula is C62H106O6. The van der Waals surface area contributed by atoms with E-state index in [4.69, 9.17) is 14.2 Å². The number of unbranched alkanes of at least 4 members (excludes halogenated alkanes) is 26. The number of ether oxygens (including phenoxy) is 3. The molecule has 0 N–H and O–H groups in total. The van der Waals surface area contributed by atoms with E-state index in [2.05, 4.69) is 93.7 Å². The number of hydrogen-bond acceptors (Lipinski definition) is 6. The molecule has 0 saturated carbocycles. The van der Waals surface area contributed by atoms with E-state index in [-0.39, 0.29) is 37.5 Å². The van der Waals surface area contributed by atoms with Crippen LogP contribution < -0.4 is 0 Å². The average molecular weight is 948 g/mol. The molecule has 0 saturated heterocycles. The van der Waals surface area contributed by atoms with Crippen molar-refractivity contribution in [1.82, 2.24) is 0 Å². The Bertz CT molecular complexity index is 1320. The van der Waals surface area contributed by atoms with E-state index in [9.17, 15) is 14.4 Å². The van der Waals surface area contributed by atoms with Crippen LogP contribution in [-0.2, 0) is 28.6 Å². The highest BCUT2D eigenvalue weighted by Crippen LogP contribution is 2.15. The summed E-state index contributed by atoms with van der Waals surface area (Å²) in [5, 5.41) is 0. The largest absolute Gasteiger partial charge is 0.462 e. The third kappa shape index (κ3) is 53.5. The molecule has 0 aliphatic heterocycles. The molecule has 0 aromatic heterocycles. The van der Waals surface area contributed by atoms with E-state index < -0.39 is 6.10 Å². The van der Waals surface area contributed by atoms with Gasteiger partial charge in [-0.05, 0) is 83.5 Å². The summed E-state index contributed by atoms with van der Waals surface area (Å²) >= 11 is 0. The molecule has 0 rings (SSSR count). The van der Waals surface area contributed by atoms with Crippen molar-refractivity contribution in [3.8, 4) is 0 Å². The Morgan fingerprint density at radius 1 is 0.309 bits per heavy atom. The standard InChI is InChI=1S/C62H106O6/c1-4-7-10-13-16-19-22-24-25-26-27-28-29-30-31-32-33-34-35-36-37-39-40-43-46-49-52-55-61(64)67-58-59(57-66-60(63)54-51-48-45-42-21-18-15-12-9-6-3)68-62(65)56-53-50-47-44-41-38-23-20-17-14-11-8-5-2/h8,11,17,20,22,24,26-27,29-30,38,41,47,50,59H,4-7,9-10,12-16,18-19,21,23,25,28,31-37,39-40,42-46,48-49,51-58H2,1-3H3/b11-8-,20-17-,24-22-,27-26-,30-29-,41-38-,50-47-. The predicted molar refractivity (Wildman–Crippen MR) is 293 cm³/mol. The first kappa shape index (κ1) is 64.6. The number of allylic oxidation sites excluding steroid dienone is 14. The molecule has 0 aromatic rings. The highest BCUT2D eigenvalue weighted by Gasteiger charge is 2.19. The van der Waals surface area contributed by atoms with Crippen LogP contribution in [-0.4, -0.2) is 37.2 Å². The van der Waals surface area contributed by atoms with Crippen LogP contribution in [0.3, 0.4) is 0 Å². The summed E-state index contributed by atoms with van der Waals surface area (Å²) in [5.41, 5.74) is 0. The zero-order valence-electron chi connectivity index (χ0n) is 44.6. The molecule has 0 spiro atoms. The van der Waals surface area contributed by atoms with E-state index >= 15 is 0 Å². The second kappa shape index (κ2) is 56.2. The van der Waals surface area contributed by atoms with Crippen molar-refractivity contribution in [1.29, 1.82) is 0 Å². The zero-order valence-corrected chi connectivity index (χ0v) is 44.6. The SMILES string of the molecule is CC/C=C\C/C=C\C/C=C\C/C=C\CCC(=O)OC(COC(=O)CCCCCCCCCCCC)COC(=O)CCCCCCCCCCCCCC/C=C\C/C=C\C/C=C\CCCCCCC. The van der Waals surface area contributed by atoms with Crippen LogP contribution in [0.2, 0.25) is 0 Å². The lowest BCUT2D eigenvalue weighted by Crippen LogP contribution is -2.30. The Kier molecular flexibility index (Phi) is 53.4. The first-order valence-corrected chi connectivity index (χ1v) is 28.6. The molecule has 0 heterocycles. The quantitative estimate of drug-likeness (QED) is 0.0262. The third-order valence-corrected chi connectivity index (χ3v) is 12.1. The smallest absolute Gasteiger partial charge is 0.306 e. The molecule has 1 atom stereocenters. The fraction of sp³-hybridized carbons (Fsp3) is 0.726. The molecule has 0 fully saturated rings. The van der Waals surface area contributed by atoms with Gasteiger partial charge in [0.05, 0.1) is 0 Å². The zero-order chi connectivity index (χ0) is 49.3.